The molecule has 15 heteroatoms. The number of benzene rings is 1. The highest BCUT2D eigenvalue weighted by molar-refractivity contribution is 5.81. The molecule has 4 rings (SSSR count). The van der Waals surface area contributed by atoms with Crippen LogP contribution in [0.1, 0.15) is 17.0 Å². The van der Waals surface area contributed by atoms with Crippen molar-refractivity contribution in [1.29, 1.82) is 0 Å². The Hall–Kier alpha value is -3.78. The van der Waals surface area contributed by atoms with Crippen molar-refractivity contribution in [2.45, 2.75) is 18.5 Å². The van der Waals surface area contributed by atoms with Crippen molar-refractivity contribution in [3.8, 4) is 22.8 Å². The summed E-state index contributed by atoms with van der Waals surface area (Å²) in [6.07, 6.45) is -14.1. The molecule has 0 saturated carbocycles. The topological polar surface area (TPSA) is 56.5 Å². The third kappa shape index (κ3) is 4.49. The van der Waals surface area contributed by atoms with Crippen LogP contribution in [0.3, 0.4) is 0 Å². The van der Waals surface area contributed by atoms with Gasteiger partial charge in [0.25, 0.3) is 0 Å². The number of halogens is 10. The number of alkyl halides is 9. The molecule has 1 aromatic carbocycles. The molecule has 0 atom stereocenters. The Bertz CT molecular complexity index is 1420. The van der Waals surface area contributed by atoms with E-state index >= 15 is 0 Å². The first-order chi connectivity index (χ1) is 16.1. The highest BCUT2D eigenvalue weighted by atomic mass is 19.4. The number of pyridine rings is 1. The van der Waals surface area contributed by atoms with Crippen LogP contribution >= 0.6 is 0 Å². The van der Waals surface area contributed by atoms with E-state index in [2.05, 4.69) is 19.9 Å². The van der Waals surface area contributed by atoms with Gasteiger partial charge >= 0.3 is 18.5 Å². The van der Waals surface area contributed by atoms with Gasteiger partial charge in [-0.05, 0) is 30.3 Å². The average Bonchev–Trinajstić information content (AvgIpc) is 3.07. The van der Waals surface area contributed by atoms with Crippen LogP contribution in [0.4, 0.5) is 43.9 Å². The van der Waals surface area contributed by atoms with E-state index in [4.69, 9.17) is 0 Å². The molecule has 3 aromatic heterocycles. The van der Waals surface area contributed by atoms with Crippen molar-refractivity contribution in [3.05, 3.63) is 59.3 Å². The Morgan fingerprint density at radius 2 is 1.46 bits per heavy atom. The maximum Gasteiger partial charge on any atom is 0.435 e. The van der Waals surface area contributed by atoms with E-state index in [1.54, 1.807) is 0 Å². The van der Waals surface area contributed by atoms with E-state index in [1.165, 1.54) is 0 Å². The van der Waals surface area contributed by atoms with Crippen molar-refractivity contribution in [1.82, 2.24) is 24.5 Å². The zero-order valence-corrected chi connectivity index (χ0v) is 17.0. The summed E-state index contributed by atoms with van der Waals surface area (Å²) in [5.74, 6) is -2.52. The molecule has 0 amide bonds. The Kier molecular flexibility index (Phi) is 5.48. The molecule has 35 heavy (non-hydrogen) atoms. The largest absolute Gasteiger partial charge is 0.435 e. The van der Waals surface area contributed by atoms with E-state index < -0.39 is 69.7 Å². The summed E-state index contributed by atoms with van der Waals surface area (Å²) in [6.45, 7) is 0. The van der Waals surface area contributed by atoms with E-state index in [9.17, 15) is 43.9 Å². The molecular weight excluding hydrogens is 500 g/mol. The average molecular weight is 509 g/mol. The summed E-state index contributed by atoms with van der Waals surface area (Å²) < 4.78 is 133. The molecule has 0 bridgehead atoms. The second kappa shape index (κ2) is 7.88. The zero-order chi connectivity index (χ0) is 25.9. The fourth-order valence-electron chi connectivity index (χ4n) is 3.20. The highest BCUT2D eigenvalue weighted by Gasteiger charge is 2.38. The van der Waals surface area contributed by atoms with Crippen LogP contribution < -0.4 is 0 Å². The lowest BCUT2D eigenvalue weighted by atomic mass is 10.1. The maximum absolute atomic E-state index is 14.5. The van der Waals surface area contributed by atoms with Gasteiger partial charge in [0, 0.05) is 18.8 Å². The van der Waals surface area contributed by atoms with Gasteiger partial charge in [0.1, 0.15) is 22.9 Å². The Balaban J connectivity index is 1.92. The molecule has 0 unspecified atom stereocenters. The number of imidazole rings is 1. The van der Waals surface area contributed by atoms with Gasteiger partial charge in [-0.1, -0.05) is 0 Å². The van der Waals surface area contributed by atoms with Crippen LogP contribution in [0.25, 0.3) is 33.9 Å². The SMILES string of the molecule is Cn1c(-c2ccc(C(F)(F)F)cc2F)nc2c(C(F)(F)F)nc(-c3ccc(C(F)(F)F)nc3)nc21. The second-order valence-electron chi connectivity index (χ2n) is 7.18. The summed E-state index contributed by atoms with van der Waals surface area (Å²) in [5.41, 5.74) is -6.33. The summed E-state index contributed by atoms with van der Waals surface area (Å²) >= 11 is 0. The van der Waals surface area contributed by atoms with Crippen LogP contribution in [0.2, 0.25) is 0 Å². The lowest BCUT2D eigenvalue weighted by Gasteiger charge is -2.10. The minimum Gasteiger partial charge on any atom is -0.312 e. The molecule has 5 nitrogen and oxygen atoms in total. The van der Waals surface area contributed by atoms with Crippen molar-refractivity contribution in [3.63, 3.8) is 0 Å². The smallest absolute Gasteiger partial charge is 0.312 e. The number of aryl methyl sites for hydroxylation is 1. The molecule has 0 fully saturated rings. The van der Waals surface area contributed by atoms with E-state index in [1.807, 2.05) is 0 Å². The van der Waals surface area contributed by atoms with Gasteiger partial charge in [0.05, 0.1) is 11.1 Å². The maximum atomic E-state index is 14.5. The number of fused-ring (bicyclic) bond motifs is 1. The number of aromatic nitrogens is 5. The molecule has 0 saturated heterocycles. The van der Waals surface area contributed by atoms with E-state index in [0.717, 1.165) is 17.7 Å². The lowest BCUT2D eigenvalue weighted by Crippen LogP contribution is -2.12. The van der Waals surface area contributed by atoms with Crippen molar-refractivity contribution in [2.24, 2.45) is 7.05 Å². The number of hydrogen-bond donors (Lipinski definition) is 0. The minimum atomic E-state index is -5.11. The standard InChI is InChI=1S/C20H9F10N5/c1-35-16(10-4-3-9(6-11(10)21)18(22,23)24)32-13-14(20(28,29)30)33-15(34-17(13)35)8-2-5-12(31-7-8)19(25,26)27/h2-7H,1H3. The molecule has 184 valence electrons. The molecule has 0 spiro atoms. The van der Waals surface area contributed by atoms with Gasteiger partial charge < -0.3 is 4.57 Å². The molecule has 0 aliphatic rings. The van der Waals surface area contributed by atoms with Gasteiger partial charge in [-0.15, -0.1) is 0 Å². The van der Waals surface area contributed by atoms with Gasteiger partial charge in [-0.25, -0.2) is 19.3 Å². The molecular formula is C20H9F10N5. The van der Waals surface area contributed by atoms with Crippen LogP contribution in [0, 0.1) is 5.82 Å². The first kappa shape index (κ1) is 24.3. The Labute approximate surface area is 188 Å². The van der Waals surface area contributed by atoms with Gasteiger partial charge in [-0.2, -0.15) is 39.5 Å². The van der Waals surface area contributed by atoms with Crippen LogP contribution in [-0.2, 0) is 25.6 Å². The molecule has 0 N–H and O–H groups in total. The normalized spacial score (nSPS) is 13.0. The fraction of sp³-hybridized carbons (Fsp3) is 0.200. The third-order valence-electron chi connectivity index (χ3n) is 4.84. The van der Waals surface area contributed by atoms with Crippen LogP contribution in [-0.4, -0.2) is 24.5 Å². The zero-order valence-electron chi connectivity index (χ0n) is 17.0. The van der Waals surface area contributed by atoms with Crippen molar-refractivity contribution in [2.75, 3.05) is 0 Å². The monoisotopic (exact) mass is 509 g/mol. The van der Waals surface area contributed by atoms with Crippen LogP contribution in [0.15, 0.2) is 36.5 Å². The molecule has 0 aliphatic heterocycles. The van der Waals surface area contributed by atoms with Crippen molar-refractivity contribution >= 4 is 11.2 Å². The summed E-state index contributed by atoms with van der Waals surface area (Å²) in [6, 6.07) is 2.77. The predicted octanol–water partition coefficient (Wildman–Crippen LogP) is 6.29. The quantitative estimate of drug-likeness (QED) is 0.298. The number of hydrogen-bond acceptors (Lipinski definition) is 4. The van der Waals surface area contributed by atoms with Crippen LogP contribution in [0.5, 0.6) is 0 Å². The van der Waals surface area contributed by atoms with Gasteiger partial charge in [0.2, 0.25) is 0 Å². The van der Waals surface area contributed by atoms with Gasteiger partial charge in [0.15, 0.2) is 17.2 Å². The lowest BCUT2D eigenvalue weighted by molar-refractivity contribution is -0.141. The first-order valence-electron chi connectivity index (χ1n) is 9.30. The fourth-order valence-corrected chi connectivity index (χ4v) is 3.20. The second-order valence-corrected chi connectivity index (χ2v) is 7.18. The summed E-state index contributed by atoms with van der Waals surface area (Å²) in [4.78, 5) is 14.2. The number of rotatable bonds is 2. The summed E-state index contributed by atoms with van der Waals surface area (Å²) in [5, 5.41) is 0. The Morgan fingerprint density at radius 3 is 1.97 bits per heavy atom. The molecule has 3 heterocycles. The first-order valence-corrected chi connectivity index (χ1v) is 9.30. The Morgan fingerprint density at radius 1 is 0.771 bits per heavy atom. The number of nitrogens with zero attached hydrogens (tertiary/aromatic N) is 5. The van der Waals surface area contributed by atoms with E-state index in [-0.39, 0.29) is 11.6 Å². The predicted molar refractivity (Wildman–Crippen MR) is 99.9 cm³/mol. The third-order valence-corrected chi connectivity index (χ3v) is 4.84. The molecule has 0 radical (unpaired) electrons. The minimum absolute atomic E-state index is 0.171. The van der Waals surface area contributed by atoms with E-state index in [0.29, 0.717) is 24.4 Å². The molecule has 4 aromatic rings. The van der Waals surface area contributed by atoms with Crippen molar-refractivity contribution < 1.29 is 43.9 Å². The highest BCUT2D eigenvalue weighted by Crippen LogP contribution is 2.37. The summed E-state index contributed by atoms with van der Waals surface area (Å²) in [7, 11) is 1.14. The molecule has 0 aliphatic carbocycles. The van der Waals surface area contributed by atoms with Gasteiger partial charge in [-0.3, -0.25) is 4.98 Å².